The molecule has 0 aliphatic heterocycles. The molecule has 4 rings (SSSR count). The molecule has 0 aliphatic rings. The maximum absolute atomic E-state index is 5.75. The molecule has 0 N–H and O–H groups in total. The fraction of sp³-hybridized carbons (Fsp3) is 0.0667. The Morgan fingerprint density at radius 1 is 1.04 bits per heavy atom. The van der Waals surface area contributed by atoms with Crippen molar-refractivity contribution in [1.29, 1.82) is 0 Å². The van der Waals surface area contributed by atoms with Crippen molar-refractivity contribution < 1.29 is 4.74 Å². The Kier molecular flexibility index (Phi) is 4.30. The van der Waals surface area contributed by atoms with Crippen LogP contribution in [0.25, 0.3) is 15.5 Å². The van der Waals surface area contributed by atoms with Crippen LogP contribution < -0.4 is 4.74 Å². The third-order valence-electron chi connectivity index (χ3n) is 3.19. The van der Waals surface area contributed by atoms with Crippen molar-refractivity contribution in [2.75, 3.05) is 0 Å². The molecular formula is C15H9Br2N5OS. The van der Waals surface area contributed by atoms with Gasteiger partial charge in [-0.3, -0.25) is 4.98 Å². The summed E-state index contributed by atoms with van der Waals surface area (Å²) in [6.07, 6.45) is 3.51. The molecular weight excluding hydrogens is 458 g/mol. The summed E-state index contributed by atoms with van der Waals surface area (Å²) < 4.78 is 9.37. The molecule has 3 heterocycles. The predicted octanol–water partition coefficient (Wildman–Crippen LogP) is 4.35. The number of benzene rings is 1. The van der Waals surface area contributed by atoms with E-state index in [9.17, 15) is 0 Å². The first-order valence-electron chi connectivity index (χ1n) is 6.89. The van der Waals surface area contributed by atoms with E-state index in [1.54, 1.807) is 16.9 Å². The zero-order valence-electron chi connectivity index (χ0n) is 12.1. The van der Waals surface area contributed by atoms with E-state index in [-0.39, 0.29) is 0 Å². The van der Waals surface area contributed by atoms with Crippen LogP contribution in [0.4, 0.5) is 0 Å². The van der Waals surface area contributed by atoms with Gasteiger partial charge in [0.25, 0.3) is 0 Å². The fourth-order valence-corrected chi connectivity index (χ4v) is 3.54. The molecule has 6 nitrogen and oxygen atoms in total. The van der Waals surface area contributed by atoms with Gasteiger partial charge in [0.15, 0.2) is 5.82 Å². The standard InChI is InChI=1S/C15H9Br2N5OS/c16-10-1-3-12(4-2-10)23-8-13-19-20-15-22(13)21-14(24-15)9-5-11(17)7-18-6-9/h1-7H,8H2. The van der Waals surface area contributed by atoms with Gasteiger partial charge in [-0.2, -0.15) is 9.61 Å². The van der Waals surface area contributed by atoms with Crippen molar-refractivity contribution in [2.45, 2.75) is 6.61 Å². The van der Waals surface area contributed by atoms with Gasteiger partial charge in [-0.1, -0.05) is 27.3 Å². The minimum Gasteiger partial charge on any atom is -0.486 e. The molecule has 1 aromatic carbocycles. The molecule has 0 bridgehead atoms. The highest BCUT2D eigenvalue weighted by Gasteiger charge is 2.14. The number of nitrogens with zero attached hydrogens (tertiary/aromatic N) is 5. The summed E-state index contributed by atoms with van der Waals surface area (Å²) in [5.41, 5.74) is 0.930. The largest absolute Gasteiger partial charge is 0.486 e. The van der Waals surface area contributed by atoms with Crippen molar-refractivity contribution in [3.05, 3.63) is 57.5 Å². The molecule has 0 amide bonds. The van der Waals surface area contributed by atoms with Gasteiger partial charge < -0.3 is 4.74 Å². The van der Waals surface area contributed by atoms with Crippen LogP contribution in [-0.4, -0.2) is 24.8 Å². The second-order valence-electron chi connectivity index (χ2n) is 4.85. The summed E-state index contributed by atoms with van der Waals surface area (Å²) in [5, 5.41) is 13.7. The Morgan fingerprint density at radius 3 is 2.67 bits per heavy atom. The summed E-state index contributed by atoms with van der Waals surface area (Å²) in [7, 11) is 0. The number of hydrogen-bond donors (Lipinski definition) is 0. The van der Waals surface area contributed by atoms with E-state index >= 15 is 0 Å². The number of fused-ring (bicyclic) bond motifs is 1. The minimum absolute atomic E-state index is 0.294. The molecule has 0 saturated heterocycles. The summed E-state index contributed by atoms with van der Waals surface area (Å²) in [5.74, 6) is 1.42. The monoisotopic (exact) mass is 465 g/mol. The van der Waals surface area contributed by atoms with E-state index in [1.165, 1.54) is 11.3 Å². The number of rotatable bonds is 4. The third kappa shape index (κ3) is 3.19. The van der Waals surface area contributed by atoms with Gasteiger partial charge in [0, 0.05) is 26.9 Å². The zero-order valence-corrected chi connectivity index (χ0v) is 16.0. The van der Waals surface area contributed by atoms with Crippen LogP contribution in [0.3, 0.4) is 0 Å². The predicted molar refractivity (Wildman–Crippen MR) is 98.1 cm³/mol. The number of aromatic nitrogens is 5. The molecule has 0 saturated carbocycles. The van der Waals surface area contributed by atoms with E-state index in [0.717, 1.165) is 30.2 Å². The first kappa shape index (κ1) is 15.7. The Morgan fingerprint density at radius 2 is 1.88 bits per heavy atom. The number of halogens is 2. The molecule has 0 spiro atoms. The van der Waals surface area contributed by atoms with E-state index in [2.05, 4.69) is 52.1 Å². The van der Waals surface area contributed by atoms with E-state index in [1.807, 2.05) is 30.3 Å². The summed E-state index contributed by atoms with van der Waals surface area (Å²) in [6, 6.07) is 9.60. The normalized spacial score (nSPS) is 11.1. The minimum atomic E-state index is 0.294. The van der Waals surface area contributed by atoms with Crippen LogP contribution in [0.2, 0.25) is 0 Å². The second kappa shape index (κ2) is 6.58. The fourth-order valence-electron chi connectivity index (χ4n) is 2.07. The lowest BCUT2D eigenvalue weighted by Crippen LogP contribution is -2.02. The Labute approximate surface area is 157 Å². The Bertz CT molecular complexity index is 999. The first-order chi connectivity index (χ1) is 11.7. The van der Waals surface area contributed by atoms with Crippen LogP contribution in [-0.2, 0) is 6.61 Å². The van der Waals surface area contributed by atoms with Crippen LogP contribution in [0.5, 0.6) is 5.75 Å². The van der Waals surface area contributed by atoms with Crippen LogP contribution in [0.15, 0.2) is 51.7 Å². The lowest BCUT2D eigenvalue weighted by molar-refractivity contribution is 0.293. The molecule has 120 valence electrons. The van der Waals surface area contributed by atoms with Gasteiger partial charge in [-0.15, -0.1) is 10.2 Å². The van der Waals surface area contributed by atoms with Crippen molar-refractivity contribution in [3.63, 3.8) is 0 Å². The SMILES string of the molecule is Brc1ccc(OCc2nnc3sc(-c4cncc(Br)c4)nn23)cc1. The quantitative estimate of drug-likeness (QED) is 0.447. The molecule has 0 atom stereocenters. The molecule has 0 radical (unpaired) electrons. The average molecular weight is 467 g/mol. The van der Waals surface area contributed by atoms with Gasteiger partial charge in [0.2, 0.25) is 4.96 Å². The molecule has 24 heavy (non-hydrogen) atoms. The lowest BCUT2D eigenvalue weighted by atomic mass is 10.3. The average Bonchev–Trinajstić information content (AvgIpc) is 3.15. The van der Waals surface area contributed by atoms with Crippen molar-refractivity contribution in [2.24, 2.45) is 0 Å². The van der Waals surface area contributed by atoms with Gasteiger partial charge in [-0.05, 0) is 46.3 Å². The number of hydrogen-bond acceptors (Lipinski definition) is 6. The van der Waals surface area contributed by atoms with Crippen LogP contribution in [0.1, 0.15) is 5.82 Å². The van der Waals surface area contributed by atoms with E-state index < -0.39 is 0 Å². The van der Waals surface area contributed by atoms with Gasteiger partial charge in [0.05, 0.1) is 0 Å². The summed E-state index contributed by atoms with van der Waals surface area (Å²) >= 11 is 8.28. The molecule has 4 aromatic rings. The number of pyridine rings is 1. The third-order valence-corrected chi connectivity index (χ3v) is 5.10. The van der Waals surface area contributed by atoms with E-state index in [0.29, 0.717) is 12.4 Å². The summed E-state index contributed by atoms with van der Waals surface area (Å²) in [6.45, 7) is 0.294. The molecule has 9 heteroatoms. The maximum Gasteiger partial charge on any atom is 0.235 e. The highest BCUT2D eigenvalue weighted by Crippen LogP contribution is 2.27. The zero-order chi connectivity index (χ0) is 16.5. The van der Waals surface area contributed by atoms with Crippen molar-refractivity contribution in [3.8, 4) is 16.3 Å². The summed E-state index contributed by atoms with van der Waals surface area (Å²) in [4.78, 5) is 4.89. The lowest BCUT2D eigenvalue weighted by Gasteiger charge is -2.03. The smallest absolute Gasteiger partial charge is 0.235 e. The Hall–Kier alpha value is -1.84. The van der Waals surface area contributed by atoms with Gasteiger partial charge >= 0.3 is 0 Å². The van der Waals surface area contributed by atoms with Crippen molar-refractivity contribution >= 4 is 48.2 Å². The maximum atomic E-state index is 5.75. The molecule has 0 aliphatic carbocycles. The van der Waals surface area contributed by atoms with Crippen LogP contribution in [0, 0.1) is 0 Å². The van der Waals surface area contributed by atoms with Crippen molar-refractivity contribution in [1.82, 2.24) is 24.8 Å². The Balaban J connectivity index is 1.59. The van der Waals surface area contributed by atoms with Gasteiger partial charge in [0.1, 0.15) is 17.4 Å². The molecule has 0 fully saturated rings. The molecule has 3 aromatic heterocycles. The topological polar surface area (TPSA) is 65.2 Å². The van der Waals surface area contributed by atoms with Crippen LogP contribution >= 0.6 is 43.2 Å². The highest BCUT2D eigenvalue weighted by molar-refractivity contribution is 9.10. The number of ether oxygens (including phenoxy) is 1. The highest BCUT2D eigenvalue weighted by atomic mass is 79.9. The molecule has 0 unspecified atom stereocenters. The first-order valence-corrected chi connectivity index (χ1v) is 9.30. The van der Waals surface area contributed by atoms with E-state index in [4.69, 9.17) is 4.74 Å². The van der Waals surface area contributed by atoms with Gasteiger partial charge in [-0.25, -0.2) is 0 Å². The second-order valence-corrected chi connectivity index (χ2v) is 7.64.